The van der Waals surface area contributed by atoms with Crippen LogP contribution in [0.4, 0.5) is 0 Å². The van der Waals surface area contributed by atoms with Crippen LogP contribution >= 0.6 is 0 Å². The topological polar surface area (TPSA) is 65.2 Å². The standard InChI is InChI=1S/C26H31N5O2Si/c1-34(2,3)14-13-33-19-30-17-22(16-28-30)20-5-8-23(9-6-20)31-18-27-24-10-7-21(15-25(24)31)26(32)29-11-4-12-29/h5-10,15-18H,4,11-14,19H2,1-3H3. The molecule has 1 saturated heterocycles. The number of benzene rings is 2. The Morgan fingerprint density at radius 1 is 1.06 bits per heavy atom. The summed E-state index contributed by atoms with van der Waals surface area (Å²) < 4.78 is 9.67. The second-order valence-electron chi connectivity index (χ2n) is 10.1. The van der Waals surface area contributed by atoms with Crippen LogP contribution in [0.1, 0.15) is 16.8 Å². The predicted molar refractivity (Wildman–Crippen MR) is 137 cm³/mol. The molecule has 1 amide bonds. The molecule has 2 aromatic heterocycles. The quantitative estimate of drug-likeness (QED) is 0.265. The summed E-state index contributed by atoms with van der Waals surface area (Å²) in [6, 6.07) is 15.2. The van der Waals surface area contributed by atoms with E-state index in [1.54, 1.807) is 0 Å². The first-order valence-corrected chi connectivity index (χ1v) is 15.6. The van der Waals surface area contributed by atoms with Gasteiger partial charge in [-0.15, -0.1) is 0 Å². The number of rotatable bonds is 8. The third-order valence-corrected chi connectivity index (χ3v) is 7.97. The molecule has 0 radical (unpaired) electrons. The van der Waals surface area contributed by atoms with Crippen molar-refractivity contribution in [3.63, 3.8) is 0 Å². The fourth-order valence-corrected chi connectivity index (χ4v) is 4.74. The summed E-state index contributed by atoms with van der Waals surface area (Å²) in [4.78, 5) is 19.1. The molecule has 0 aliphatic carbocycles. The maximum absolute atomic E-state index is 12.7. The molecule has 0 spiro atoms. The van der Waals surface area contributed by atoms with Crippen molar-refractivity contribution in [1.82, 2.24) is 24.2 Å². The summed E-state index contributed by atoms with van der Waals surface area (Å²) in [6.07, 6.45) is 6.79. The molecule has 0 saturated carbocycles. The summed E-state index contributed by atoms with van der Waals surface area (Å²) in [7, 11) is -1.08. The molecule has 8 heteroatoms. The Bertz CT molecular complexity index is 1300. The van der Waals surface area contributed by atoms with E-state index in [9.17, 15) is 4.79 Å². The predicted octanol–water partition coefficient (Wildman–Crippen LogP) is 5.05. The lowest BCUT2D eigenvalue weighted by atomic mass is 10.1. The van der Waals surface area contributed by atoms with Gasteiger partial charge in [-0.2, -0.15) is 5.10 Å². The first kappa shape index (κ1) is 22.6. The van der Waals surface area contributed by atoms with Crippen molar-refractivity contribution < 1.29 is 9.53 Å². The minimum absolute atomic E-state index is 0.0951. The summed E-state index contributed by atoms with van der Waals surface area (Å²) in [5, 5.41) is 4.44. The second-order valence-corrected chi connectivity index (χ2v) is 15.7. The van der Waals surface area contributed by atoms with Crippen molar-refractivity contribution >= 4 is 25.0 Å². The van der Waals surface area contributed by atoms with Crippen molar-refractivity contribution in [1.29, 1.82) is 0 Å². The molecule has 4 aromatic rings. The van der Waals surface area contributed by atoms with Gasteiger partial charge in [0.05, 0.1) is 17.2 Å². The van der Waals surface area contributed by atoms with Gasteiger partial charge in [-0.25, -0.2) is 9.67 Å². The zero-order valence-corrected chi connectivity index (χ0v) is 21.1. The van der Waals surface area contributed by atoms with Crippen molar-refractivity contribution in [2.75, 3.05) is 19.7 Å². The van der Waals surface area contributed by atoms with Crippen LogP contribution in [-0.4, -0.2) is 57.9 Å². The Balaban J connectivity index is 1.30. The van der Waals surface area contributed by atoms with E-state index in [0.717, 1.165) is 60.0 Å². The first-order valence-electron chi connectivity index (χ1n) is 11.8. The zero-order chi connectivity index (χ0) is 23.7. The molecule has 0 atom stereocenters. The Labute approximate surface area is 201 Å². The van der Waals surface area contributed by atoms with Crippen LogP contribution in [0.25, 0.3) is 27.8 Å². The zero-order valence-electron chi connectivity index (χ0n) is 20.1. The first-order chi connectivity index (χ1) is 16.4. The fourth-order valence-electron chi connectivity index (χ4n) is 3.98. The van der Waals surface area contributed by atoms with E-state index in [0.29, 0.717) is 12.3 Å². The van der Waals surface area contributed by atoms with Crippen molar-refractivity contribution in [2.24, 2.45) is 0 Å². The molecular weight excluding hydrogens is 442 g/mol. The molecule has 7 nitrogen and oxygen atoms in total. The number of imidazole rings is 1. The smallest absolute Gasteiger partial charge is 0.253 e. The number of aromatic nitrogens is 4. The van der Waals surface area contributed by atoms with Gasteiger partial charge in [-0.1, -0.05) is 31.8 Å². The number of nitrogens with zero attached hydrogens (tertiary/aromatic N) is 5. The van der Waals surface area contributed by atoms with Crippen LogP contribution in [0.15, 0.2) is 61.2 Å². The van der Waals surface area contributed by atoms with Gasteiger partial charge in [0, 0.05) is 50.8 Å². The normalized spacial score (nSPS) is 13.9. The highest BCUT2D eigenvalue weighted by molar-refractivity contribution is 6.76. The molecule has 1 fully saturated rings. The number of carbonyl (C=O) groups excluding carboxylic acids is 1. The fraction of sp³-hybridized carbons (Fsp3) is 0.346. The largest absolute Gasteiger partial charge is 0.360 e. The van der Waals surface area contributed by atoms with Gasteiger partial charge in [-0.05, 0) is 48.4 Å². The van der Waals surface area contributed by atoms with Gasteiger partial charge in [0.25, 0.3) is 5.91 Å². The van der Waals surface area contributed by atoms with Gasteiger partial charge >= 0.3 is 0 Å². The summed E-state index contributed by atoms with van der Waals surface area (Å²) in [6.45, 7) is 10.0. The summed E-state index contributed by atoms with van der Waals surface area (Å²) >= 11 is 0. The van der Waals surface area contributed by atoms with Crippen molar-refractivity contribution in [2.45, 2.75) is 38.8 Å². The highest BCUT2D eigenvalue weighted by atomic mass is 28.3. The Morgan fingerprint density at radius 2 is 1.85 bits per heavy atom. The molecule has 3 heterocycles. The van der Waals surface area contributed by atoms with Crippen LogP contribution in [0, 0.1) is 0 Å². The van der Waals surface area contributed by atoms with Crippen LogP contribution in [0.2, 0.25) is 25.7 Å². The molecule has 34 heavy (non-hydrogen) atoms. The van der Waals surface area contributed by atoms with E-state index in [2.05, 4.69) is 54.0 Å². The number of fused-ring (bicyclic) bond motifs is 1. The molecule has 2 aromatic carbocycles. The van der Waals surface area contributed by atoms with Crippen LogP contribution in [-0.2, 0) is 11.5 Å². The van der Waals surface area contributed by atoms with Crippen molar-refractivity contribution in [3.05, 3.63) is 66.7 Å². The molecule has 1 aliphatic heterocycles. The molecule has 5 rings (SSSR count). The Morgan fingerprint density at radius 3 is 2.56 bits per heavy atom. The minimum atomic E-state index is -1.08. The molecular formula is C26H31N5O2Si. The van der Waals surface area contributed by atoms with E-state index < -0.39 is 8.07 Å². The lowest BCUT2D eigenvalue weighted by Gasteiger charge is -2.30. The summed E-state index contributed by atoms with van der Waals surface area (Å²) in [5.74, 6) is 0.0951. The van der Waals surface area contributed by atoms with Crippen LogP contribution in [0.3, 0.4) is 0 Å². The highest BCUT2D eigenvalue weighted by Gasteiger charge is 2.22. The van der Waals surface area contributed by atoms with Crippen molar-refractivity contribution in [3.8, 4) is 16.8 Å². The maximum Gasteiger partial charge on any atom is 0.253 e. The average molecular weight is 474 g/mol. The summed E-state index contributed by atoms with van der Waals surface area (Å²) in [5.41, 5.74) is 5.67. The van der Waals surface area contributed by atoms with E-state index in [4.69, 9.17) is 4.74 Å². The van der Waals surface area contributed by atoms with Gasteiger partial charge in [0.2, 0.25) is 0 Å². The number of carbonyl (C=O) groups is 1. The molecule has 1 aliphatic rings. The monoisotopic (exact) mass is 473 g/mol. The van der Waals surface area contributed by atoms with Gasteiger partial charge in [0.1, 0.15) is 13.1 Å². The number of hydrogen-bond acceptors (Lipinski definition) is 4. The number of ether oxygens (including phenoxy) is 1. The van der Waals surface area contributed by atoms with Gasteiger partial charge in [0.15, 0.2) is 0 Å². The molecule has 176 valence electrons. The van der Waals surface area contributed by atoms with E-state index >= 15 is 0 Å². The number of amides is 1. The lowest BCUT2D eigenvalue weighted by Crippen LogP contribution is -2.41. The van der Waals surface area contributed by atoms with E-state index in [1.807, 2.05) is 51.1 Å². The molecule has 0 N–H and O–H groups in total. The Kier molecular flexibility index (Phi) is 6.10. The maximum atomic E-state index is 12.7. The van der Waals surface area contributed by atoms with E-state index in [1.165, 1.54) is 0 Å². The molecule has 0 unspecified atom stereocenters. The van der Waals surface area contributed by atoms with Crippen LogP contribution < -0.4 is 0 Å². The molecule has 0 bridgehead atoms. The SMILES string of the molecule is C[Si](C)(C)CCOCn1cc(-c2ccc(-n3cnc4ccc(C(=O)N5CCC5)cc43)cc2)cn1. The van der Waals surface area contributed by atoms with Crippen LogP contribution in [0.5, 0.6) is 0 Å². The average Bonchev–Trinajstić information content (AvgIpc) is 3.42. The number of hydrogen-bond donors (Lipinski definition) is 0. The number of likely N-dealkylation sites (tertiary alicyclic amines) is 1. The second kappa shape index (κ2) is 9.19. The Hall–Kier alpha value is -3.23. The third-order valence-electron chi connectivity index (χ3n) is 6.27. The van der Waals surface area contributed by atoms with E-state index in [-0.39, 0.29) is 5.91 Å². The lowest BCUT2D eigenvalue weighted by molar-refractivity contribution is 0.0652. The van der Waals surface area contributed by atoms with Gasteiger partial charge in [-0.3, -0.25) is 9.36 Å². The highest BCUT2D eigenvalue weighted by Crippen LogP contribution is 2.24. The minimum Gasteiger partial charge on any atom is -0.360 e. The third kappa shape index (κ3) is 4.83. The van der Waals surface area contributed by atoms with Gasteiger partial charge < -0.3 is 9.64 Å².